The van der Waals surface area contributed by atoms with E-state index >= 15 is 0 Å². The van der Waals surface area contributed by atoms with Gasteiger partial charge in [0.1, 0.15) is 4.90 Å². The molecule has 0 bridgehead atoms. The van der Waals surface area contributed by atoms with Gasteiger partial charge in [0.05, 0.1) is 12.3 Å². The normalized spacial score (nSPS) is 13.4. The maximum atomic E-state index is 11.1. The maximum absolute atomic E-state index is 11.1. The van der Waals surface area contributed by atoms with Gasteiger partial charge < -0.3 is 16.2 Å². The summed E-state index contributed by atoms with van der Waals surface area (Å²) in [6, 6.07) is 4.30. The smallest absolute Gasteiger partial charge is 0.240 e. The Bertz CT molecular complexity index is 484. The summed E-state index contributed by atoms with van der Waals surface area (Å²) in [5.41, 5.74) is 6.34. The van der Waals surface area contributed by atoms with Gasteiger partial charge in [0.15, 0.2) is 0 Å². The third-order valence-corrected chi connectivity index (χ3v) is 3.39. The van der Waals surface area contributed by atoms with Gasteiger partial charge in [-0.2, -0.15) is 0 Å². The topological polar surface area (TPSA) is 118 Å². The fourth-order valence-corrected chi connectivity index (χ4v) is 2.06. The van der Waals surface area contributed by atoms with Crippen LogP contribution in [0, 0.1) is 0 Å². The molecule has 7 heteroatoms. The van der Waals surface area contributed by atoms with Crippen LogP contribution in [0.2, 0.25) is 0 Å². The first-order valence-corrected chi connectivity index (χ1v) is 6.72. The zero-order valence-electron chi connectivity index (χ0n) is 9.55. The number of primary sulfonamides is 1. The molecule has 1 rings (SSSR count). The van der Waals surface area contributed by atoms with Crippen molar-refractivity contribution in [2.24, 2.45) is 5.14 Å². The molecular weight excluding hydrogens is 242 g/mol. The molecule has 0 spiro atoms. The van der Waals surface area contributed by atoms with Crippen LogP contribution in [-0.2, 0) is 10.0 Å². The van der Waals surface area contributed by atoms with Gasteiger partial charge in [0.2, 0.25) is 10.0 Å². The molecule has 1 atom stereocenters. The number of sulfonamides is 1. The number of aliphatic hydroxyl groups is 1. The van der Waals surface area contributed by atoms with Crippen molar-refractivity contribution in [3.8, 4) is 0 Å². The molecule has 0 saturated heterocycles. The molecule has 1 aromatic rings. The number of nitrogens with one attached hydrogen (secondary N) is 1. The number of benzene rings is 1. The first-order chi connectivity index (χ1) is 7.88. The van der Waals surface area contributed by atoms with Crippen LogP contribution in [0.5, 0.6) is 0 Å². The van der Waals surface area contributed by atoms with Crippen molar-refractivity contribution in [2.75, 3.05) is 17.7 Å². The first kappa shape index (κ1) is 13.8. The molecule has 0 radical (unpaired) electrons. The predicted molar refractivity (Wildman–Crippen MR) is 67.0 cm³/mol. The number of anilines is 2. The zero-order chi connectivity index (χ0) is 13.1. The molecule has 6 nitrogen and oxygen atoms in total. The highest BCUT2D eigenvalue weighted by atomic mass is 32.2. The van der Waals surface area contributed by atoms with Crippen LogP contribution in [0.15, 0.2) is 23.1 Å². The Labute approximate surface area is 101 Å². The number of hydrogen-bond donors (Lipinski definition) is 4. The average Bonchev–Trinajstić information content (AvgIpc) is 2.24. The van der Waals surface area contributed by atoms with Crippen molar-refractivity contribution in [3.63, 3.8) is 0 Å². The molecule has 0 aromatic heterocycles. The minimum atomic E-state index is -3.79. The van der Waals surface area contributed by atoms with Gasteiger partial charge in [-0.1, -0.05) is 6.92 Å². The van der Waals surface area contributed by atoms with Crippen molar-refractivity contribution in [3.05, 3.63) is 18.2 Å². The van der Waals surface area contributed by atoms with E-state index in [4.69, 9.17) is 16.0 Å². The molecule has 0 amide bonds. The molecule has 0 saturated carbocycles. The van der Waals surface area contributed by atoms with E-state index in [0.717, 1.165) is 6.42 Å². The number of aliphatic hydroxyl groups excluding tert-OH is 1. The Kier molecular flexibility index (Phi) is 4.33. The number of hydrogen-bond acceptors (Lipinski definition) is 5. The fraction of sp³-hybridized carbons (Fsp3) is 0.400. The van der Waals surface area contributed by atoms with E-state index < -0.39 is 10.0 Å². The second kappa shape index (κ2) is 5.35. The lowest BCUT2D eigenvalue weighted by Crippen LogP contribution is -2.22. The second-order valence-electron chi connectivity index (χ2n) is 3.73. The third kappa shape index (κ3) is 3.58. The Morgan fingerprint density at radius 1 is 1.47 bits per heavy atom. The molecule has 17 heavy (non-hydrogen) atoms. The van der Waals surface area contributed by atoms with E-state index in [0.29, 0.717) is 5.69 Å². The Morgan fingerprint density at radius 3 is 2.53 bits per heavy atom. The summed E-state index contributed by atoms with van der Waals surface area (Å²) in [6.07, 6.45) is 0.743. The Balaban J connectivity index is 2.97. The first-order valence-electron chi connectivity index (χ1n) is 5.18. The molecule has 96 valence electrons. The molecule has 0 aliphatic carbocycles. The largest absolute Gasteiger partial charge is 0.398 e. The highest BCUT2D eigenvalue weighted by molar-refractivity contribution is 7.89. The van der Waals surface area contributed by atoms with E-state index in [1.807, 2.05) is 6.92 Å². The van der Waals surface area contributed by atoms with Crippen molar-refractivity contribution < 1.29 is 13.5 Å². The zero-order valence-corrected chi connectivity index (χ0v) is 10.4. The van der Waals surface area contributed by atoms with Crippen LogP contribution in [0.25, 0.3) is 0 Å². The summed E-state index contributed by atoms with van der Waals surface area (Å²) in [5, 5.41) is 17.1. The summed E-state index contributed by atoms with van der Waals surface area (Å²) in [4.78, 5) is -0.0971. The number of rotatable bonds is 5. The maximum Gasteiger partial charge on any atom is 0.240 e. The molecule has 0 heterocycles. The van der Waals surface area contributed by atoms with Gasteiger partial charge in [0, 0.05) is 11.7 Å². The van der Waals surface area contributed by atoms with Crippen molar-refractivity contribution >= 4 is 21.4 Å². The van der Waals surface area contributed by atoms with Crippen LogP contribution in [0.4, 0.5) is 11.4 Å². The minimum Gasteiger partial charge on any atom is -0.398 e. The highest BCUT2D eigenvalue weighted by Gasteiger charge is 2.13. The molecule has 0 aliphatic rings. The van der Waals surface area contributed by atoms with Gasteiger partial charge in [-0.05, 0) is 24.6 Å². The SMILES string of the molecule is CCC(CO)Nc1ccc(S(N)(=O)=O)c(N)c1. The van der Waals surface area contributed by atoms with Gasteiger partial charge in [0.25, 0.3) is 0 Å². The Hall–Kier alpha value is -1.31. The third-order valence-electron chi connectivity index (χ3n) is 2.40. The van der Waals surface area contributed by atoms with Gasteiger partial charge in [-0.25, -0.2) is 13.6 Å². The quantitative estimate of drug-likeness (QED) is 0.559. The molecule has 1 aromatic carbocycles. The van der Waals surface area contributed by atoms with Crippen molar-refractivity contribution in [1.82, 2.24) is 0 Å². The number of nitrogens with two attached hydrogens (primary N) is 2. The average molecular weight is 259 g/mol. The minimum absolute atomic E-state index is 0.00660. The number of nitrogen functional groups attached to an aromatic ring is 1. The lowest BCUT2D eigenvalue weighted by atomic mass is 10.2. The van der Waals surface area contributed by atoms with E-state index in [-0.39, 0.29) is 23.2 Å². The van der Waals surface area contributed by atoms with E-state index in [2.05, 4.69) is 5.32 Å². The standard InChI is InChI=1S/C10H17N3O3S/c1-2-7(6-14)13-8-3-4-10(9(11)5-8)17(12,15)16/h3-5,7,13-14H,2,6,11H2,1H3,(H2,12,15,16). The van der Waals surface area contributed by atoms with Crippen LogP contribution < -0.4 is 16.2 Å². The summed E-state index contributed by atoms with van der Waals surface area (Å²) >= 11 is 0. The van der Waals surface area contributed by atoms with Crippen LogP contribution in [0.1, 0.15) is 13.3 Å². The van der Waals surface area contributed by atoms with Crippen LogP contribution in [0.3, 0.4) is 0 Å². The van der Waals surface area contributed by atoms with E-state index in [9.17, 15) is 8.42 Å². The second-order valence-corrected chi connectivity index (χ2v) is 5.26. The van der Waals surface area contributed by atoms with Crippen molar-refractivity contribution in [1.29, 1.82) is 0 Å². The monoisotopic (exact) mass is 259 g/mol. The molecule has 0 fully saturated rings. The summed E-state index contributed by atoms with van der Waals surface area (Å²) in [6.45, 7) is 1.92. The van der Waals surface area contributed by atoms with Crippen molar-refractivity contribution in [2.45, 2.75) is 24.3 Å². The molecular formula is C10H17N3O3S. The Morgan fingerprint density at radius 2 is 2.12 bits per heavy atom. The van der Waals surface area contributed by atoms with E-state index in [1.165, 1.54) is 12.1 Å². The van der Waals surface area contributed by atoms with Crippen LogP contribution >= 0.6 is 0 Å². The van der Waals surface area contributed by atoms with E-state index in [1.54, 1.807) is 6.07 Å². The lowest BCUT2D eigenvalue weighted by Gasteiger charge is -2.16. The summed E-state index contributed by atoms with van der Waals surface area (Å²) in [7, 11) is -3.79. The van der Waals surface area contributed by atoms with Gasteiger partial charge in [-0.3, -0.25) is 0 Å². The summed E-state index contributed by atoms with van der Waals surface area (Å²) < 4.78 is 22.3. The lowest BCUT2D eigenvalue weighted by molar-refractivity contribution is 0.272. The van der Waals surface area contributed by atoms with Crippen LogP contribution in [-0.4, -0.2) is 26.2 Å². The van der Waals surface area contributed by atoms with Gasteiger partial charge in [-0.15, -0.1) is 0 Å². The molecule has 6 N–H and O–H groups in total. The summed E-state index contributed by atoms with van der Waals surface area (Å²) in [5.74, 6) is 0. The molecule has 0 aliphatic heterocycles. The highest BCUT2D eigenvalue weighted by Crippen LogP contribution is 2.22. The fourth-order valence-electron chi connectivity index (χ4n) is 1.41. The predicted octanol–water partition coefficient (Wildman–Crippen LogP) is 0.0990. The van der Waals surface area contributed by atoms with Gasteiger partial charge >= 0.3 is 0 Å². The molecule has 1 unspecified atom stereocenters.